The van der Waals surface area contributed by atoms with Gasteiger partial charge in [-0.3, -0.25) is 0 Å². The molecule has 0 radical (unpaired) electrons. The lowest BCUT2D eigenvalue weighted by molar-refractivity contribution is -0.0369. The third-order valence-corrected chi connectivity index (χ3v) is 2.81. The van der Waals surface area contributed by atoms with E-state index in [4.69, 9.17) is 6.42 Å². The van der Waals surface area contributed by atoms with Gasteiger partial charge in [-0.1, -0.05) is 5.92 Å². The van der Waals surface area contributed by atoms with Crippen molar-refractivity contribution in [2.45, 2.75) is 44.6 Å². The molecule has 14 heavy (non-hydrogen) atoms. The molecule has 0 heterocycles. The molecule has 1 atom stereocenters. The lowest BCUT2D eigenvalue weighted by atomic mass is 10.0. The molecule has 1 saturated carbocycles. The molecule has 1 fully saturated rings. The molecule has 80 valence electrons. The van der Waals surface area contributed by atoms with Crippen LogP contribution in [0, 0.1) is 18.3 Å². The SMILES string of the molecule is C#CC(C)(C)NCC1CCCC1(F)F. The predicted octanol–water partition coefficient (Wildman–Crippen LogP) is 2.42. The smallest absolute Gasteiger partial charge is 0.252 e. The van der Waals surface area contributed by atoms with E-state index in [-0.39, 0.29) is 6.42 Å². The molecule has 0 aliphatic heterocycles. The number of alkyl halides is 2. The Bertz CT molecular complexity index is 240. The normalized spacial score (nSPS) is 26.1. The van der Waals surface area contributed by atoms with Crippen LogP contribution in [0.5, 0.6) is 0 Å². The first-order valence-corrected chi connectivity index (χ1v) is 4.98. The number of halogens is 2. The zero-order chi connectivity index (χ0) is 10.8. The molecule has 0 aromatic heterocycles. The topological polar surface area (TPSA) is 12.0 Å². The van der Waals surface area contributed by atoms with Crippen LogP contribution in [0.15, 0.2) is 0 Å². The Labute approximate surface area is 84.3 Å². The Morgan fingerprint density at radius 1 is 1.57 bits per heavy atom. The third kappa shape index (κ3) is 2.68. The molecule has 0 aromatic rings. The van der Waals surface area contributed by atoms with E-state index < -0.39 is 17.4 Å². The van der Waals surface area contributed by atoms with Crippen molar-refractivity contribution >= 4 is 0 Å². The van der Waals surface area contributed by atoms with Crippen LogP contribution in [0.1, 0.15) is 33.1 Å². The summed E-state index contributed by atoms with van der Waals surface area (Å²) in [4.78, 5) is 0. The van der Waals surface area contributed by atoms with Gasteiger partial charge >= 0.3 is 0 Å². The molecule has 0 amide bonds. The summed E-state index contributed by atoms with van der Waals surface area (Å²) in [6.45, 7) is 3.95. The lowest BCUT2D eigenvalue weighted by Gasteiger charge is -2.25. The maximum Gasteiger partial charge on any atom is 0.252 e. The monoisotopic (exact) mass is 201 g/mol. The first-order valence-electron chi connectivity index (χ1n) is 4.98. The molecule has 0 bridgehead atoms. The van der Waals surface area contributed by atoms with Crippen molar-refractivity contribution in [3.05, 3.63) is 0 Å². The van der Waals surface area contributed by atoms with E-state index in [0.717, 1.165) is 0 Å². The second-order valence-electron chi connectivity index (χ2n) is 4.50. The summed E-state index contributed by atoms with van der Waals surface area (Å²) >= 11 is 0. The van der Waals surface area contributed by atoms with Gasteiger partial charge in [0.1, 0.15) is 0 Å². The molecule has 1 aliphatic carbocycles. The van der Waals surface area contributed by atoms with Gasteiger partial charge in [-0.05, 0) is 26.7 Å². The number of nitrogens with one attached hydrogen (secondary N) is 1. The van der Waals surface area contributed by atoms with Gasteiger partial charge in [-0.25, -0.2) is 8.78 Å². The summed E-state index contributed by atoms with van der Waals surface area (Å²) < 4.78 is 26.4. The fourth-order valence-corrected chi connectivity index (χ4v) is 1.68. The molecule has 1 N–H and O–H groups in total. The summed E-state index contributed by atoms with van der Waals surface area (Å²) in [7, 11) is 0. The van der Waals surface area contributed by atoms with Crippen molar-refractivity contribution in [1.29, 1.82) is 0 Å². The minimum atomic E-state index is -2.50. The molecule has 0 spiro atoms. The van der Waals surface area contributed by atoms with E-state index in [9.17, 15) is 8.78 Å². The summed E-state index contributed by atoms with van der Waals surface area (Å²) in [6.07, 6.45) is 6.50. The third-order valence-electron chi connectivity index (χ3n) is 2.81. The molecule has 1 unspecified atom stereocenters. The van der Waals surface area contributed by atoms with Gasteiger partial charge in [0.05, 0.1) is 5.54 Å². The van der Waals surface area contributed by atoms with Crippen molar-refractivity contribution in [3.63, 3.8) is 0 Å². The number of hydrogen-bond donors (Lipinski definition) is 1. The van der Waals surface area contributed by atoms with Crippen LogP contribution in [-0.2, 0) is 0 Å². The number of terminal acetylenes is 1. The molecule has 1 rings (SSSR count). The van der Waals surface area contributed by atoms with Crippen molar-refractivity contribution in [2.75, 3.05) is 6.54 Å². The summed E-state index contributed by atoms with van der Waals surface area (Å²) in [5.41, 5.74) is -0.487. The maximum atomic E-state index is 13.2. The van der Waals surface area contributed by atoms with Crippen LogP contribution in [0.25, 0.3) is 0 Å². The molecular formula is C11H17F2N. The van der Waals surface area contributed by atoms with Gasteiger partial charge < -0.3 is 5.32 Å². The zero-order valence-corrected chi connectivity index (χ0v) is 8.74. The molecule has 1 aliphatic rings. The fourth-order valence-electron chi connectivity index (χ4n) is 1.68. The van der Waals surface area contributed by atoms with Crippen molar-refractivity contribution in [3.8, 4) is 12.3 Å². The first-order chi connectivity index (χ1) is 6.37. The Hall–Kier alpha value is -0.620. The minimum absolute atomic E-state index is 0.0236. The van der Waals surface area contributed by atoms with Crippen LogP contribution in [0.4, 0.5) is 8.78 Å². The van der Waals surface area contributed by atoms with E-state index in [1.807, 2.05) is 13.8 Å². The highest BCUT2D eigenvalue weighted by atomic mass is 19.3. The zero-order valence-electron chi connectivity index (χ0n) is 8.74. The van der Waals surface area contributed by atoms with E-state index >= 15 is 0 Å². The second-order valence-corrected chi connectivity index (χ2v) is 4.50. The van der Waals surface area contributed by atoms with Crippen molar-refractivity contribution in [1.82, 2.24) is 5.32 Å². The van der Waals surface area contributed by atoms with Crippen LogP contribution in [0.3, 0.4) is 0 Å². The fraction of sp³-hybridized carbons (Fsp3) is 0.818. The standard InChI is InChI=1S/C11H17F2N/c1-4-10(2,3)14-8-9-6-5-7-11(9,12)13/h1,9,14H,5-8H2,2-3H3. The average Bonchev–Trinajstić information content (AvgIpc) is 2.42. The molecule has 1 nitrogen and oxygen atoms in total. The van der Waals surface area contributed by atoms with E-state index in [1.54, 1.807) is 0 Å². The Morgan fingerprint density at radius 2 is 2.21 bits per heavy atom. The van der Waals surface area contributed by atoms with Gasteiger partial charge in [-0.15, -0.1) is 6.42 Å². The highest BCUT2D eigenvalue weighted by Crippen LogP contribution is 2.39. The van der Waals surface area contributed by atoms with Crippen LogP contribution in [-0.4, -0.2) is 18.0 Å². The number of rotatable bonds is 3. The minimum Gasteiger partial charge on any atom is -0.301 e. The van der Waals surface area contributed by atoms with E-state index in [0.29, 0.717) is 19.4 Å². The Morgan fingerprint density at radius 3 is 2.64 bits per heavy atom. The summed E-state index contributed by atoms with van der Waals surface area (Å²) in [5.74, 6) is -0.512. The predicted molar refractivity (Wildman–Crippen MR) is 53.2 cm³/mol. The number of hydrogen-bond acceptors (Lipinski definition) is 1. The van der Waals surface area contributed by atoms with E-state index in [2.05, 4.69) is 11.2 Å². The van der Waals surface area contributed by atoms with E-state index in [1.165, 1.54) is 0 Å². The molecule has 3 heteroatoms. The van der Waals surface area contributed by atoms with Crippen LogP contribution < -0.4 is 5.32 Å². The van der Waals surface area contributed by atoms with Gasteiger partial charge in [0.15, 0.2) is 0 Å². The van der Waals surface area contributed by atoms with Crippen LogP contribution in [0.2, 0.25) is 0 Å². The van der Waals surface area contributed by atoms with Gasteiger partial charge in [0.25, 0.3) is 5.92 Å². The molecule has 0 saturated heterocycles. The lowest BCUT2D eigenvalue weighted by Crippen LogP contribution is -2.43. The van der Waals surface area contributed by atoms with Gasteiger partial charge in [0, 0.05) is 18.9 Å². The Kier molecular flexibility index (Phi) is 3.16. The van der Waals surface area contributed by atoms with Crippen LogP contribution >= 0.6 is 0 Å². The largest absolute Gasteiger partial charge is 0.301 e. The average molecular weight is 201 g/mol. The van der Waals surface area contributed by atoms with Gasteiger partial charge in [-0.2, -0.15) is 0 Å². The highest BCUT2D eigenvalue weighted by Gasteiger charge is 2.43. The summed E-state index contributed by atoms with van der Waals surface area (Å²) in [6, 6.07) is 0. The van der Waals surface area contributed by atoms with Crippen molar-refractivity contribution in [2.24, 2.45) is 5.92 Å². The van der Waals surface area contributed by atoms with Gasteiger partial charge in [0.2, 0.25) is 0 Å². The Balaban J connectivity index is 2.43. The molecular weight excluding hydrogens is 184 g/mol. The quantitative estimate of drug-likeness (QED) is 0.691. The van der Waals surface area contributed by atoms with Crippen molar-refractivity contribution < 1.29 is 8.78 Å². The summed E-state index contributed by atoms with van der Waals surface area (Å²) in [5, 5.41) is 2.99. The highest BCUT2D eigenvalue weighted by molar-refractivity contribution is 5.07. The maximum absolute atomic E-state index is 13.2. The second kappa shape index (κ2) is 3.86. The molecule has 0 aromatic carbocycles. The first kappa shape index (κ1) is 11.5.